The summed E-state index contributed by atoms with van der Waals surface area (Å²) in [4.78, 5) is 0. The lowest BCUT2D eigenvalue weighted by Crippen LogP contribution is -2.53. The Hall–Kier alpha value is -0.865. The topological polar surface area (TPSA) is 92.0 Å². The molecule has 0 spiro atoms. The van der Waals surface area contributed by atoms with E-state index in [0.29, 0.717) is 0 Å². The minimum Gasteiger partial charge on any atom is -0.423 e. The summed E-state index contributed by atoms with van der Waals surface area (Å²) < 4.78 is 31.4. The summed E-state index contributed by atoms with van der Waals surface area (Å²) in [5.74, 6) is 0. The summed E-state index contributed by atoms with van der Waals surface area (Å²) in [6, 6.07) is 1.45. The van der Waals surface area contributed by atoms with Crippen molar-refractivity contribution < 1.29 is 23.2 Å². The predicted octanol–water partition coefficient (Wildman–Crippen LogP) is -0.604. The number of aliphatic hydroxyl groups is 1. The fraction of sp³-hybridized carbons (Fsp3) is 0.667. The molecule has 1 heterocycles. The molecule has 0 aliphatic carbocycles. The highest BCUT2D eigenvalue weighted by Crippen LogP contribution is 2.25. The Bertz CT molecular complexity index is 589. The van der Waals surface area contributed by atoms with E-state index in [1.165, 1.54) is 32.6 Å². The SMILES string of the molecule is CN(C)S(=O)(=O)n1ccc(B(O)OC(C)(C)C(C)(C)O)c1. The minimum atomic E-state index is -3.63. The van der Waals surface area contributed by atoms with E-state index >= 15 is 0 Å². The van der Waals surface area contributed by atoms with Gasteiger partial charge in [0, 0.05) is 32.0 Å². The normalized spacial score (nSPS) is 13.8. The van der Waals surface area contributed by atoms with Gasteiger partial charge in [-0.1, -0.05) is 0 Å². The van der Waals surface area contributed by atoms with Crippen LogP contribution in [0.25, 0.3) is 0 Å². The van der Waals surface area contributed by atoms with E-state index in [1.807, 2.05) is 0 Å². The van der Waals surface area contributed by atoms with Crippen LogP contribution in [0.4, 0.5) is 0 Å². The van der Waals surface area contributed by atoms with E-state index in [4.69, 9.17) is 4.65 Å². The zero-order valence-corrected chi connectivity index (χ0v) is 14.0. The summed E-state index contributed by atoms with van der Waals surface area (Å²) in [5.41, 5.74) is -1.90. The van der Waals surface area contributed by atoms with Gasteiger partial charge in [0.05, 0.1) is 11.2 Å². The lowest BCUT2D eigenvalue weighted by atomic mass is 9.78. The van der Waals surface area contributed by atoms with E-state index in [0.717, 1.165) is 8.28 Å². The molecule has 9 heteroatoms. The number of hydrogen-bond donors (Lipinski definition) is 2. The van der Waals surface area contributed by atoms with Crippen molar-refractivity contribution in [1.82, 2.24) is 8.28 Å². The molecule has 0 aromatic carbocycles. The van der Waals surface area contributed by atoms with Crippen LogP contribution in [-0.4, -0.2) is 59.2 Å². The molecule has 2 N–H and O–H groups in total. The largest absolute Gasteiger partial charge is 0.493 e. The molecule has 120 valence electrons. The molecular weight excluding hydrogens is 295 g/mol. The standard InChI is InChI=1S/C12H23BN2O5S/c1-11(2,16)12(3,4)20-13(17)10-7-8-15(9-10)21(18,19)14(5)6/h7-9,16-17H,1-6H3. The third-order valence-corrected chi connectivity index (χ3v) is 5.27. The summed E-state index contributed by atoms with van der Waals surface area (Å²) in [5, 5.41) is 20.1. The van der Waals surface area contributed by atoms with Gasteiger partial charge in [0.1, 0.15) is 0 Å². The molecule has 0 saturated heterocycles. The molecular formula is C12H23BN2O5S. The fourth-order valence-electron chi connectivity index (χ4n) is 1.36. The number of aromatic nitrogens is 1. The Morgan fingerprint density at radius 2 is 1.81 bits per heavy atom. The zero-order valence-electron chi connectivity index (χ0n) is 13.2. The van der Waals surface area contributed by atoms with Crippen molar-refractivity contribution in [1.29, 1.82) is 0 Å². The molecule has 7 nitrogen and oxygen atoms in total. The highest BCUT2D eigenvalue weighted by molar-refractivity contribution is 7.87. The van der Waals surface area contributed by atoms with Gasteiger partial charge in [-0.05, 0) is 33.8 Å². The average molecular weight is 318 g/mol. The van der Waals surface area contributed by atoms with Crippen LogP contribution in [-0.2, 0) is 14.9 Å². The van der Waals surface area contributed by atoms with Crippen LogP contribution in [0.3, 0.4) is 0 Å². The summed E-state index contributed by atoms with van der Waals surface area (Å²) in [6.45, 7) is 6.43. The van der Waals surface area contributed by atoms with Crippen molar-refractivity contribution in [3.8, 4) is 0 Å². The maximum absolute atomic E-state index is 11.9. The van der Waals surface area contributed by atoms with Gasteiger partial charge in [-0.3, -0.25) is 0 Å². The Labute approximate surface area is 126 Å². The van der Waals surface area contributed by atoms with E-state index in [1.54, 1.807) is 27.7 Å². The van der Waals surface area contributed by atoms with Crippen LogP contribution in [0.1, 0.15) is 27.7 Å². The average Bonchev–Trinajstić information content (AvgIpc) is 2.76. The van der Waals surface area contributed by atoms with Crippen molar-refractivity contribution in [2.45, 2.75) is 38.9 Å². The van der Waals surface area contributed by atoms with Crippen molar-refractivity contribution >= 4 is 22.8 Å². The quantitative estimate of drug-likeness (QED) is 0.683. The van der Waals surface area contributed by atoms with Crippen molar-refractivity contribution in [2.75, 3.05) is 14.1 Å². The molecule has 0 radical (unpaired) electrons. The van der Waals surface area contributed by atoms with Crippen LogP contribution in [0.5, 0.6) is 0 Å². The first-order valence-electron chi connectivity index (χ1n) is 6.48. The molecule has 21 heavy (non-hydrogen) atoms. The Morgan fingerprint density at radius 3 is 2.24 bits per heavy atom. The maximum Gasteiger partial charge on any atom is 0.493 e. The number of nitrogens with zero attached hydrogens (tertiary/aromatic N) is 2. The molecule has 0 fully saturated rings. The smallest absolute Gasteiger partial charge is 0.423 e. The van der Waals surface area contributed by atoms with Gasteiger partial charge in [0.25, 0.3) is 0 Å². The van der Waals surface area contributed by atoms with Gasteiger partial charge < -0.3 is 14.8 Å². The van der Waals surface area contributed by atoms with E-state index < -0.39 is 28.5 Å². The third kappa shape index (κ3) is 3.86. The minimum absolute atomic E-state index is 0.290. The summed E-state index contributed by atoms with van der Waals surface area (Å²) in [6.07, 6.45) is 2.61. The fourth-order valence-corrected chi connectivity index (χ4v) is 2.21. The summed E-state index contributed by atoms with van der Waals surface area (Å²) >= 11 is 0. The van der Waals surface area contributed by atoms with Crippen LogP contribution >= 0.6 is 0 Å². The van der Waals surface area contributed by atoms with Gasteiger partial charge in [-0.15, -0.1) is 0 Å². The van der Waals surface area contributed by atoms with Gasteiger partial charge in [0.2, 0.25) is 0 Å². The van der Waals surface area contributed by atoms with Gasteiger partial charge >= 0.3 is 17.3 Å². The third-order valence-electron chi connectivity index (χ3n) is 3.58. The van der Waals surface area contributed by atoms with Crippen molar-refractivity contribution in [3.63, 3.8) is 0 Å². The van der Waals surface area contributed by atoms with Crippen molar-refractivity contribution in [3.05, 3.63) is 18.5 Å². The van der Waals surface area contributed by atoms with Gasteiger partial charge in [-0.2, -0.15) is 12.7 Å². The monoisotopic (exact) mass is 318 g/mol. The molecule has 1 aromatic rings. The predicted molar refractivity (Wildman–Crippen MR) is 81.5 cm³/mol. The highest BCUT2D eigenvalue weighted by Gasteiger charge is 2.39. The number of hydrogen-bond acceptors (Lipinski definition) is 5. The van der Waals surface area contributed by atoms with E-state index in [9.17, 15) is 18.5 Å². The molecule has 0 atom stereocenters. The molecule has 0 amide bonds. The molecule has 1 aromatic heterocycles. The van der Waals surface area contributed by atoms with Gasteiger partial charge in [-0.25, -0.2) is 3.97 Å². The zero-order chi connectivity index (χ0) is 16.6. The van der Waals surface area contributed by atoms with Crippen LogP contribution < -0.4 is 5.46 Å². The lowest BCUT2D eigenvalue weighted by molar-refractivity contribution is -0.0982. The Balaban J connectivity index is 2.97. The first kappa shape index (κ1) is 18.2. The second-order valence-electron chi connectivity index (χ2n) is 6.10. The first-order valence-corrected chi connectivity index (χ1v) is 7.88. The summed E-state index contributed by atoms with van der Waals surface area (Å²) in [7, 11) is -2.14. The number of rotatable bonds is 6. The molecule has 0 unspecified atom stereocenters. The second-order valence-corrected chi connectivity index (χ2v) is 8.15. The highest BCUT2D eigenvalue weighted by atomic mass is 32.2. The van der Waals surface area contributed by atoms with E-state index in [-0.39, 0.29) is 5.46 Å². The molecule has 0 saturated carbocycles. The van der Waals surface area contributed by atoms with Crippen molar-refractivity contribution in [2.24, 2.45) is 0 Å². The second kappa shape index (κ2) is 5.73. The maximum atomic E-state index is 11.9. The van der Waals surface area contributed by atoms with E-state index in [2.05, 4.69) is 0 Å². The lowest BCUT2D eigenvalue weighted by Gasteiger charge is -2.38. The Morgan fingerprint density at radius 1 is 1.29 bits per heavy atom. The van der Waals surface area contributed by atoms with Crippen LogP contribution in [0.2, 0.25) is 0 Å². The molecule has 0 aliphatic rings. The van der Waals surface area contributed by atoms with Gasteiger partial charge in [0.15, 0.2) is 0 Å². The van der Waals surface area contributed by atoms with Crippen LogP contribution in [0, 0.1) is 0 Å². The molecule has 0 aliphatic heterocycles. The van der Waals surface area contributed by atoms with Crippen LogP contribution in [0.15, 0.2) is 18.5 Å². The first-order chi connectivity index (χ1) is 9.29. The molecule has 0 bridgehead atoms. The Kier molecular flexibility index (Phi) is 4.96. The molecule has 1 rings (SSSR count).